The lowest BCUT2D eigenvalue weighted by Gasteiger charge is -2.30. The highest BCUT2D eigenvalue weighted by Gasteiger charge is 2.25. The molecule has 0 aliphatic heterocycles. The highest BCUT2D eigenvalue weighted by molar-refractivity contribution is 14.0. The van der Waals surface area contributed by atoms with Crippen LogP contribution in [0.5, 0.6) is 5.75 Å². The van der Waals surface area contributed by atoms with Crippen molar-refractivity contribution in [1.82, 2.24) is 10.6 Å². The Bertz CT molecular complexity index is 702. The van der Waals surface area contributed by atoms with Crippen molar-refractivity contribution in [2.45, 2.75) is 50.8 Å². The van der Waals surface area contributed by atoms with E-state index in [-0.39, 0.29) is 35.1 Å². The summed E-state index contributed by atoms with van der Waals surface area (Å²) < 4.78 is 17.8. The number of amides is 1. The molecule has 1 aliphatic carbocycles. The summed E-state index contributed by atoms with van der Waals surface area (Å²) in [7, 11) is 1.02. The molecular formula is C20H33IN4O3S. The number of anilines is 1. The maximum absolute atomic E-state index is 12.1. The Morgan fingerprint density at radius 2 is 2.14 bits per heavy atom. The molecule has 0 saturated heterocycles. The van der Waals surface area contributed by atoms with Crippen molar-refractivity contribution in [2.75, 3.05) is 31.3 Å². The molecule has 9 heteroatoms. The van der Waals surface area contributed by atoms with Crippen LogP contribution < -0.4 is 20.7 Å². The third-order valence-corrected chi connectivity index (χ3v) is 6.41. The number of benzene rings is 1. The molecular weight excluding hydrogens is 503 g/mol. The molecule has 0 bridgehead atoms. The molecule has 2 rings (SSSR count). The van der Waals surface area contributed by atoms with Gasteiger partial charge in [-0.25, -0.2) is 0 Å². The largest absolute Gasteiger partial charge is 0.492 e. The second-order valence-corrected chi connectivity index (χ2v) is 8.86. The SMILES string of the molecule is CCS(=O)C1CCCC(NC(=NC)NCCOc2cccc(NC(C)=O)c2)C1.I. The van der Waals surface area contributed by atoms with E-state index in [1.165, 1.54) is 6.92 Å². The lowest BCUT2D eigenvalue weighted by atomic mass is 9.95. The molecule has 0 spiro atoms. The van der Waals surface area contributed by atoms with Crippen LogP contribution in [0, 0.1) is 0 Å². The highest BCUT2D eigenvalue weighted by atomic mass is 127. The molecule has 1 fully saturated rings. The first kappa shape index (κ1) is 25.7. The molecule has 164 valence electrons. The standard InChI is InChI=1S/C20H32N4O3S.HI/c1-4-28(26)19-10-6-8-17(14-19)24-20(21-3)22-11-12-27-18-9-5-7-16(13-18)23-15(2)25;/h5,7,9,13,17,19H,4,6,8,10-12,14H2,1-3H3,(H,23,25)(H2,21,22,24);1H. The van der Waals surface area contributed by atoms with Crippen LogP contribution in [0.3, 0.4) is 0 Å². The van der Waals surface area contributed by atoms with Gasteiger partial charge < -0.3 is 20.7 Å². The van der Waals surface area contributed by atoms with E-state index < -0.39 is 10.8 Å². The summed E-state index contributed by atoms with van der Waals surface area (Å²) in [4.78, 5) is 15.4. The number of hydrogen-bond acceptors (Lipinski definition) is 4. The second kappa shape index (κ2) is 13.8. The molecule has 3 unspecified atom stereocenters. The van der Waals surface area contributed by atoms with Crippen LogP contribution in [0.15, 0.2) is 29.3 Å². The summed E-state index contributed by atoms with van der Waals surface area (Å²) in [5.74, 6) is 2.06. The van der Waals surface area contributed by atoms with Crippen molar-refractivity contribution in [2.24, 2.45) is 4.99 Å². The van der Waals surface area contributed by atoms with E-state index in [4.69, 9.17) is 4.74 Å². The fourth-order valence-electron chi connectivity index (χ4n) is 3.34. The minimum Gasteiger partial charge on any atom is -0.492 e. The first-order valence-electron chi connectivity index (χ1n) is 9.86. The van der Waals surface area contributed by atoms with Crippen LogP contribution >= 0.6 is 24.0 Å². The summed E-state index contributed by atoms with van der Waals surface area (Å²) in [5.41, 5.74) is 0.715. The number of rotatable bonds is 8. The predicted molar refractivity (Wildman–Crippen MR) is 131 cm³/mol. The van der Waals surface area contributed by atoms with Gasteiger partial charge in [0.2, 0.25) is 5.91 Å². The Hall–Kier alpha value is -1.36. The maximum Gasteiger partial charge on any atom is 0.221 e. The van der Waals surface area contributed by atoms with Crippen molar-refractivity contribution in [3.63, 3.8) is 0 Å². The van der Waals surface area contributed by atoms with Crippen molar-refractivity contribution in [1.29, 1.82) is 0 Å². The van der Waals surface area contributed by atoms with E-state index in [0.29, 0.717) is 30.6 Å². The molecule has 1 aromatic carbocycles. The summed E-state index contributed by atoms with van der Waals surface area (Å²) in [6.45, 7) is 4.53. The third-order valence-electron chi connectivity index (χ3n) is 4.66. The zero-order valence-electron chi connectivity index (χ0n) is 17.4. The monoisotopic (exact) mass is 536 g/mol. The Kier molecular flexibility index (Phi) is 12.2. The molecule has 3 atom stereocenters. The molecule has 0 heterocycles. The summed E-state index contributed by atoms with van der Waals surface area (Å²) in [6, 6.07) is 7.62. The average molecular weight is 536 g/mol. The number of ether oxygens (including phenoxy) is 1. The van der Waals surface area contributed by atoms with Crippen molar-refractivity contribution in [3.8, 4) is 5.75 Å². The van der Waals surface area contributed by atoms with E-state index in [2.05, 4.69) is 20.9 Å². The Morgan fingerprint density at radius 3 is 2.83 bits per heavy atom. The number of carbonyl (C=O) groups excluding carboxylic acids is 1. The van der Waals surface area contributed by atoms with E-state index >= 15 is 0 Å². The number of guanidine groups is 1. The number of nitrogens with one attached hydrogen (secondary N) is 3. The number of nitrogens with zero attached hydrogens (tertiary/aromatic N) is 1. The van der Waals surface area contributed by atoms with Gasteiger partial charge in [-0.2, -0.15) is 0 Å². The van der Waals surface area contributed by atoms with Gasteiger partial charge in [0.15, 0.2) is 5.96 Å². The molecule has 1 amide bonds. The predicted octanol–water partition coefficient (Wildman–Crippen LogP) is 2.89. The quantitative estimate of drug-likeness (QED) is 0.206. The van der Waals surface area contributed by atoms with E-state index in [1.807, 2.05) is 25.1 Å². The Morgan fingerprint density at radius 1 is 1.34 bits per heavy atom. The van der Waals surface area contributed by atoms with Gasteiger partial charge in [-0.05, 0) is 31.4 Å². The molecule has 3 N–H and O–H groups in total. The lowest BCUT2D eigenvalue weighted by molar-refractivity contribution is -0.114. The molecule has 1 aromatic rings. The van der Waals surface area contributed by atoms with E-state index in [9.17, 15) is 9.00 Å². The fraction of sp³-hybridized carbons (Fsp3) is 0.600. The van der Waals surface area contributed by atoms with Gasteiger partial charge in [0.1, 0.15) is 12.4 Å². The topological polar surface area (TPSA) is 91.8 Å². The van der Waals surface area contributed by atoms with Gasteiger partial charge in [-0.15, -0.1) is 24.0 Å². The minimum absolute atomic E-state index is 0. The lowest BCUT2D eigenvalue weighted by Crippen LogP contribution is -2.47. The number of hydrogen-bond donors (Lipinski definition) is 3. The summed E-state index contributed by atoms with van der Waals surface area (Å²) >= 11 is 0. The van der Waals surface area contributed by atoms with Crippen LogP contribution in [-0.2, 0) is 15.6 Å². The Labute approximate surface area is 193 Å². The second-order valence-electron chi connectivity index (χ2n) is 6.86. The van der Waals surface area contributed by atoms with E-state index in [0.717, 1.165) is 37.4 Å². The number of carbonyl (C=O) groups is 1. The van der Waals surface area contributed by atoms with Gasteiger partial charge in [0.25, 0.3) is 0 Å². The van der Waals surface area contributed by atoms with Crippen LogP contribution in [0.2, 0.25) is 0 Å². The van der Waals surface area contributed by atoms with Crippen molar-refractivity contribution in [3.05, 3.63) is 24.3 Å². The number of aliphatic imine (C=N–C) groups is 1. The molecule has 1 aliphatic rings. The van der Waals surface area contributed by atoms with Gasteiger partial charge in [-0.1, -0.05) is 19.4 Å². The normalized spacial score (nSPS) is 20.2. The molecule has 1 saturated carbocycles. The highest BCUT2D eigenvalue weighted by Crippen LogP contribution is 2.23. The summed E-state index contributed by atoms with van der Waals surface area (Å²) in [6.07, 6.45) is 4.15. The van der Waals surface area contributed by atoms with Crippen LogP contribution in [0.1, 0.15) is 39.5 Å². The zero-order chi connectivity index (χ0) is 20.4. The minimum atomic E-state index is -0.731. The van der Waals surface area contributed by atoms with Gasteiger partial charge >= 0.3 is 0 Å². The average Bonchev–Trinajstić information content (AvgIpc) is 2.69. The zero-order valence-corrected chi connectivity index (χ0v) is 20.5. The van der Waals surface area contributed by atoms with Crippen molar-refractivity contribution >= 4 is 52.3 Å². The maximum atomic E-state index is 12.1. The van der Waals surface area contributed by atoms with Crippen molar-refractivity contribution < 1.29 is 13.7 Å². The molecule has 7 nitrogen and oxygen atoms in total. The molecule has 0 radical (unpaired) electrons. The van der Waals surface area contributed by atoms with Crippen LogP contribution in [-0.4, -0.2) is 53.3 Å². The Balaban J connectivity index is 0.00000420. The summed E-state index contributed by atoms with van der Waals surface area (Å²) in [5, 5.41) is 9.73. The molecule has 29 heavy (non-hydrogen) atoms. The first-order chi connectivity index (χ1) is 13.5. The van der Waals surface area contributed by atoms with Gasteiger partial charge in [0.05, 0.1) is 6.54 Å². The number of halogens is 1. The smallest absolute Gasteiger partial charge is 0.221 e. The first-order valence-corrected chi connectivity index (χ1v) is 11.2. The fourth-order valence-corrected chi connectivity index (χ4v) is 4.69. The molecule has 0 aromatic heterocycles. The van der Waals surface area contributed by atoms with Crippen LogP contribution in [0.4, 0.5) is 5.69 Å². The van der Waals surface area contributed by atoms with Gasteiger partial charge in [-0.3, -0.25) is 14.0 Å². The van der Waals surface area contributed by atoms with E-state index in [1.54, 1.807) is 13.1 Å². The van der Waals surface area contributed by atoms with Crippen LogP contribution in [0.25, 0.3) is 0 Å². The van der Waals surface area contributed by atoms with Gasteiger partial charge in [0, 0.05) is 53.6 Å². The third kappa shape index (κ3) is 9.33.